The highest BCUT2D eigenvalue weighted by Gasteiger charge is 1.98. The van der Waals surface area contributed by atoms with Crippen molar-refractivity contribution in [3.63, 3.8) is 0 Å². The number of benzene rings is 1. The maximum absolute atomic E-state index is 5.38. The lowest BCUT2D eigenvalue weighted by atomic mass is 10.3. The monoisotopic (exact) mass is 228 g/mol. The lowest BCUT2D eigenvalue weighted by Crippen LogP contribution is -2.36. The Labute approximate surface area is 98.6 Å². The van der Waals surface area contributed by atoms with Crippen LogP contribution in [0, 0.1) is 0 Å². The third-order valence-corrected chi connectivity index (χ3v) is 1.96. The van der Waals surface area contributed by atoms with Gasteiger partial charge in [0.15, 0.2) is 0 Å². The number of nitrogens with zero attached hydrogens (tertiary/aromatic N) is 3. The Morgan fingerprint density at radius 2 is 1.82 bits per heavy atom. The van der Waals surface area contributed by atoms with Crippen LogP contribution in [0.25, 0.3) is 0 Å². The van der Waals surface area contributed by atoms with Gasteiger partial charge in [-0.05, 0) is 12.1 Å². The van der Waals surface area contributed by atoms with Gasteiger partial charge in [-0.15, -0.1) is 0 Å². The Balaban J connectivity index is 2.15. The summed E-state index contributed by atoms with van der Waals surface area (Å²) in [5.41, 5.74) is 3.99. The maximum Gasteiger partial charge on any atom is 0.215 e. The molecule has 1 aromatic heterocycles. The van der Waals surface area contributed by atoms with Gasteiger partial charge >= 0.3 is 0 Å². The summed E-state index contributed by atoms with van der Waals surface area (Å²) in [5.74, 6) is 5.81. The van der Waals surface area contributed by atoms with Gasteiger partial charge in [-0.1, -0.05) is 18.2 Å². The number of rotatable bonds is 2. The summed E-state index contributed by atoms with van der Waals surface area (Å²) in [6.07, 6.45) is 4.71. The highest BCUT2D eigenvalue weighted by atomic mass is 15.3. The number of guanidine groups is 1. The Morgan fingerprint density at radius 1 is 1.12 bits per heavy atom. The minimum Gasteiger partial charge on any atom is -0.322 e. The lowest BCUT2D eigenvalue weighted by molar-refractivity contribution is 1.02. The lowest BCUT2D eigenvalue weighted by Gasteiger charge is -2.07. The second-order valence-corrected chi connectivity index (χ2v) is 3.19. The summed E-state index contributed by atoms with van der Waals surface area (Å²) in [4.78, 5) is 12.0. The van der Waals surface area contributed by atoms with Gasteiger partial charge in [0.1, 0.15) is 6.33 Å². The first-order valence-electron chi connectivity index (χ1n) is 5.01. The zero-order valence-corrected chi connectivity index (χ0v) is 9.04. The van der Waals surface area contributed by atoms with Crippen LogP contribution in [0.3, 0.4) is 0 Å². The van der Waals surface area contributed by atoms with Gasteiger partial charge in [0.25, 0.3) is 0 Å². The molecule has 6 nitrogen and oxygen atoms in total. The third kappa shape index (κ3) is 3.25. The van der Waals surface area contributed by atoms with Gasteiger partial charge in [0, 0.05) is 0 Å². The fourth-order valence-corrected chi connectivity index (χ4v) is 1.23. The summed E-state index contributed by atoms with van der Waals surface area (Å²) in [5, 5.41) is 2.97. The van der Waals surface area contributed by atoms with Crippen LogP contribution in [-0.4, -0.2) is 15.9 Å². The zero-order chi connectivity index (χ0) is 11.9. The summed E-state index contributed by atoms with van der Waals surface area (Å²) in [7, 11) is 0. The van der Waals surface area contributed by atoms with E-state index >= 15 is 0 Å². The van der Waals surface area contributed by atoms with E-state index in [1.807, 2.05) is 30.3 Å². The molecule has 0 saturated carbocycles. The van der Waals surface area contributed by atoms with E-state index in [4.69, 9.17) is 5.84 Å². The molecule has 2 aromatic rings. The number of nitrogens with two attached hydrogens (primary N) is 1. The normalized spacial score (nSPS) is 11.0. The molecule has 0 amide bonds. The predicted molar refractivity (Wildman–Crippen MR) is 66.5 cm³/mol. The number of aromatic nitrogens is 2. The molecule has 1 heterocycles. The molecule has 0 unspecified atom stereocenters. The van der Waals surface area contributed by atoms with Crippen LogP contribution >= 0.6 is 0 Å². The molecule has 0 spiro atoms. The molecule has 0 aliphatic heterocycles. The summed E-state index contributed by atoms with van der Waals surface area (Å²) in [6.45, 7) is 0. The second kappa shape index (κ2) is 5.57. The topological polar surface area (TPSA) is 88.2 Å². The number of anilines is 1. The molecule has 86 valence electrons. The summed E-state index contributed by atoms with van der Waals surface area (Å²) in [6, 6.07) is 9.48. The van der Waals surface area contributed by atoms with E-state index < -0.39 is 0 Å². The number of aliphatic imine (C=N–C) groups is 1. The molecule has 17 heavy (non-hydrogen) atoms. The minimum absolute atomic E-state index is 0.422. The average molecular weight is 228 g/mol. The zero-order valence-electron chi connectivity index (χ0n) is 9.04. The Bertz CT molecular complexity index is 482. The molecule has 0 bridgehead atoms. The number of hydrogen-bond acceptors (Lipinski definition) is 4. The molecule has 0 fully saturated rings. The van der Waals surface area contributed by atoms with Crippen LogP contribution in [0.2, 0.25) is 0 Å². The van der Waals surface area contributed by atoms with Crippen molar-refractivity contribution in [1.82, 2.24) is 15.4 Å². The molecular weight excluding hydrogens is 216 g/mol. The van der Waals surface area contributed by atoms with Gasteiger partial charge in [-0.25, -0.2) is 20.8 Å². The van der Waals surface area contributed by atoms with Gasteiger partial charge in [-0.2, -0.15) is 0 Å². The van der Waals surface area contributed by atoms with E-state index in [2.05, 4.69) is 25.7 Å². The number of para-hydroxylation sites is 1. The minimum atomic E-state index is 0.422. The van der Waals surface area contributed by atoms with Gasteiger partial charge < -0.3 is 5.32 Å². The first-order chi connectivity index (χ1) is 8.38. The van der Waals surface area contributed by atoms with Crippen molar-refractivity contribution in [3.8, 4) is 0 Å². The maximum atomic E-state index is 5.38. The fraction of sp³-hybridized carbons (Fsp3) is 0. The van der Waals surface area contributed by atoms with Crippen molar-refractivity contribution < 1.29 is 0 Å². The summed E-state index contributed by atoms with van der Waals surface area (Å²) >= 11 is 0. The van der Waals surface area contributed by atoms with E-state index in [0.29, 0.717) is 11.6 Å². The number of nitrogens with one attached hydrogen (secondary N) is 2. The first kappa shape index (κ1) is 11.0. The van der Waals surface area contributed by atoms with Crippen molar-refractivity contribution in [2.75, 3.05) is 5.32 Å². The van der Waals surface area contributed by atoms with Crippen LogP contribution in [-0.2, 0) is 0 Å². The Morgan fingerprint density at radius 3 is 2.47 bits per heavy atom. The van der Waals surface area contributed by atoms with Crippen molar-refractivity contribution in [1.29, 1.82) is 0 Å². The van der Waals surface area contributed by atoms with Crippen molar-refractivity contribution >= 4 is 17.3 Å². The van der Waals surface area contributed by atoms with E-state index in [1.54, 1.807) is 12.4 Å². The highest BCUT2D eigenvalue weighted by Crippen LogP contribution is 2.10. The van der Waals surface area contributed by atoms with Crippen molar-refractivity contribution in [2.24, 2.45) is 10.8 Å². The highest BCUT2D eigenvalue weighted by molar-refractivity contribution is 5.94. The van der Waals surface area contributed by atoms with Crippen molar-refractivity contribution in [3.05, 3.63) is 49.1 Å². The predicted octanol–water partition coefficient (Wildman–Crippen LogP) is 1.04. The molecule has 4 N–H and O–H groups in total. The molecule has 0 saturated heterocycles. The van der Waals surface area contributed by atoms with Gasteiger partial charge in [-0.3, -0.25) is 5.43 Å². The van der Waals surface area contributed by atoms with E-state index in [-0.39, 0.29) is 0 Å². The molecule has 0 atom stereocenters. The second-order valence-electron chi connectivity index (χ2n) is 3.19. The van der Waals surface area contributed by atoms with Crippen LogP contribution in [0.15, 0.2) is 54.0 Å². The standard InChI is InChI=1S/C11H12N6/c12-17-11(15-9-4-2-1-3-5-9)16-10-6-13-8-14-7-10/h1-8H,12H2,(H2,15,16,17). The largest absolute Gasteiger partial charge is 0.322 e. The van der Waals surface area contributed by atoms with Crippen LogP contribution in [0.4, 0.5) is 11.4 Å². The quantitative estimate of drug-likeness (QED) is 0.309. The molecule has 0 radical (unpaired) electrons. The summed E-state index contributed by atoms with van der Waals surface area (Å²) < 4.78 is 0. The number of hydrazine groups is 1. The smallest absolute Gasteiger partial charge is 0.215 e. The van der Waals surface area contributed by atoms with Gasteiger partial charge in [0.2, 0.25) is 5.96 Å². The van der Waals surface area contributed by atoms with Crippen LogP contribution in [0.1, 0.15) is 0 Å². The molecule has 2 rings (SSSR count). The fourth-order valence-electron chi connectivity index (χ4n) is 1.23. The molecule has 6 heteroatoms. The number of hydrogen-bond donors (Lipinski definition) is 3. The van der Waals surface area contributed by atoms with Crippen LogP contribution < -0.4 is 16.6 Å². The first-order valence-corrected chi connectivity index (χ1v) is 5.01. The van der Waals surface area contributed by atoms with Crippen LogP contribution in [0.5, 0.6) is 0 Å². The molecule has 1 aromatic carbocycles. The van der Waals surface area contributed by atoms with E-state index in [1.165, 1.54) is 6.33 Å². The van der Waals surface area contributed by atoms with E-state index in [9.17, 15) is 0 Å². The van der Waals surface area contributed by atoms with E-state index in [0.717, 1.165) is 5.69 Å². The molecular formula is C11H12N6. The Hall–Kier alpha value is -2.47. The average Bonchev–Trinajstić information content (AvgIpc) is 2.40. The third-order valence-electron chi connectivity index (χ3n) is 1.96. The molecule has 0 aliphatic rings. The van der Waals surface area contributed by atoms with Crippen molar-refractivity contribution in [2.45, 2.75) is 0 Å². The molecule has 0 aliphatic carbocycles. The van der Waals surface area contributed by atoms with Gasteiger partial charge in [0.05, 0.1) is 23.8 Å². The SMILES string of the molecule is NNC(=Nc1ccccc1)Nc1cncnc1. The Kier molecular flexibility index (Phi) is 3.61.